The first-order valence-corrected chi connectivity index (χ1v) is 8.97. The Hall–Kier alpha value is -2.42. The summed E-state index contributed by atoms with van der Waals surface area (Å²) in [6, 6.07) is 0. The van der Waals surface area contributed by atoms with Crippen LogP contribution < -0.4 is 0 Å². The van der Waals surface area contributed by atoms with Crippen molar-refractivity contribution in [1.29, 1.82) is 0 Å². The lowest BCUT2D eigenvalue weighted by atomic mass is 10.0. The third-order valence-electron chi connectivity index (χ3n) is 4.93. The van der Waals surface area contributed by atoms with E-state index in [0.717, 1.165) is 11.3 Å². The Morgan fingerprint density at radius 1 is 1.08 bits per heavy atom. The molecule has 0 aliphatic carbocycles. The SMILES string of the molecule is CCOCC(=O)N1CCc2c(C(=O)N3CCN(C(C)=O)CC3)n[nH]c2C1. The number of piperazine rings is 1. The molecule has 3 amide bonds. The molecule has 2 aliphatic heterocycles. The van der Waals surface area contributed by atoms with Crippen molar-refractivity contribution in [3.63, 3.8) is 0 Å². The molecule has 0 radical (unpaired) electrons. The predicted molar refractivity (Wildman–Crippen MR) is 92.4 cm³/mol. The van der Waals surface area contributed by atoms with E-state index >= 15 is 0 Å². The summed E-state index contributed by atoms with van der Waals surface area (Å²) < 4.78 is 5.18. The average molecular weight is 363 g/mol. The van der Waals surface area contributed by atoms with Gasteiger partial charge in [0, 0.05) is 51.8 Å². The van der Waals surface area contributed by atoms with Crippen molar-refractivity contribution in [2.24, 2.45) is 0 Å². The Bertz CT molecular complexity index is 693. The number of aromatic nitrogens is 2. The summed E-state index contributed by atoms with van der Waals surface area (Å²) in [7, 11) is 0. The fraction of sp³-hybridized carbons (Fsp3) is 0.647. The minimum atomic E-state index is -0.111. The van der Waals surface area contributed by atoms with Crippen LogP contribution in [0.25, 0.3) is 0 Å². The smallest absolute Gasteiger partial charge is 0.274 e. The normalized spacial score (nSPS) is 17.2. The summed E-state index contributed by atoms with van der Waals surface area (Å²) >= 11 is 0. The van der Waals surface area contributed by atoms with Crippen LogP contribution in [0.2, 0.25) is 0 Å². The molecule has 0 bridgehead atoms. The standard InChI is InChI=1S/C17H25N5O4/c1-3-26-11-15(24)22-5-4-13-14(10-22)18-19-16(13)17(25)21-8-6-20(7-9-21)12(2)23/h3-11H2,1-2H3,(H,18,19). The van der Waals surface area contributed by atoms with Crippen LogP contribution in [0.4, 0.5) is 0 Å². The fourth-order valence-corrected chi connectivity index (χ4v) is 3.36. The molecule has 2 aliphatic rings. The lowest BCUT2D eigenvalue weighted by Crippen LogP contribution is -2.50. The van der Waals surface area contributed by atoms with E-state index in [-0.39, 0.29) is 24.3 Å². The molecule has 142 valence electrons. The van der Waals surface area contributed by atoms with Crippen LogP contribution >= 0.6 is 0 Å². The number of rotatable bonds is 4. The zero-order valence-corrected chi connectivity index (χ0v) is 15.3. The number of ether oxygens (including phenoxy) is 1. The van der Waals surface area contributed by atoms with Crippen molar-refractivity contribution < 1.29 is 19.1 Å². The first-order chi connectivity index (χ1) is 12.5. The molecule has 1 N–H and O–H groups in total. The van der Waals surface area contributed by atoms with Crippen molar-refractivity contribution in [2.45, 2.75) is 26.8 Å². The number of hydrogen-bond donors (Lipinski definition) is 1. The molecule has 9 heteroatoms. The molecule has 0 saturated carbocycles. The molecule has 0 spiro atoms. The summed E-state index contributed by atoms with van der Waals surface area (Å²) in [5.41, 5.74) is 2.14. The van der Waals surface area contributed by atoms with Gasteiger partial charge in [0.15, 0.2) is 5.69 Å². The number of carbonyl (C=O) groups is 3. The van der Waals surface area contributed by atoms with Gasteiger partial charge in [0.05, 0.1) is 12.2 Å². The van der Waals surface area contributed by atoms with E-state index in [1.54, 1.807) is 21.6 Å². The van der Waals surface area contributed by atoms with Gasteiger partial charge >= 0.3 is 0 Å². The predicted octanol–water partition coefficient (Wildman–Crippen LogP) is -0.365. The lowest BCUT2D eigenvalue weighted by Gasteiger charge is -2.34. The maximum Gasteiger partial charge on any atom is 0.274 e. The van der Waals surface area contributed by atoms with Gasteiger partial charge in [-0.25, -0.2) is 0 Å². The lowest BCUT2D eigenvalue weighted by molar-refractivity contribution is -0.137. The number of aromatic amines is 1. The van der Waals surface area contributed by atoms with Crippen molar-refractivity contribution in [3.8, 4) is 0 Å². The summed E-state index contributed by atoms with van der Waals surface area (Å²) in [4.78, 5) is 41.5. The molecular weight excluding hydrogens is 338 g/mol. The number of nitrogens with one attached hydrogen (secondary N) is 1. The van der Waals surface area contributed by atoms with Gasteiger partial charge in [-0.15, -0.1) is 0 Å². The van der Waals surface area contributed by atoms with Crippen LogP contribution in [-0.2, 0) is 27.3 Å². The third-order valence-corrected chi connectivity index (χ3v) is 4.93. The van der Waals surface area contributed by atoms with Crippen LogP contribution in [0.5, 0.6) is 0 Å². The third kappa shape index (κ3) is 3.72. The number of H-pyrrole nitrogens is 1. The second kappa shape index (κ2) is 7.86. The molecule has 0 unspecified atom stereocenters. The molecule has 3 rings (SSSR count). The van der Waals surface area contributed by atoms with E-state index in [2.05, 4.69) is 10.2 Å². The van der Waals surface area contributed by atoms with Crippen molar-refractivity contribution in [3.05, 3.63) is 17.0 Å². The second-order valence-corrected chi connectivity index (χ2v) is 6.53. The molecule has 1 saturated heterocycles. The highest BCUT2D eigenvalue weighted by molar-refractivity contribution is 5.94. The topological polar surface area (TPSA) is 98.8 Å². The summed E-state index contributed by atoms with van der Waals surface area (Å²) in [6.07, 6.45) is 0.595. The number of fused-ring (bicyclic) bond motifs is 1. The second-order valence-electron chi connectivity index (χ2n) is 6.53. The van der Waals surface area contributed by atoms with E-state index in [9.17, 15) is 14.4 Å². The van der Waals surface area contributed by atoms with Gasteiger partial charge in [-0.2, -0.15) is 5.10 Å². The number of carbonyl (C=O) groups excluding carboxylic acids is 3. The molecule has 9 nitrogen and oxygen atoms in total. The Balaban J connectivity index is 1.64. The first-order valence-electron chi connectivity index (χ1n) is 8.97. The van der Waals surface area contributed by atoms with E-state index < -0.39 is 0 Å². The Labute approximate surface area is 152 Å². The summed E-state index contributed by atoms with van der Waals surface area (Å²) in [6.45, 7) is 7.07. The van der Waals surface area contributed by atoms with E-state index in [0.29, 0.717) is 58.0 Å². The van der Waals surface area contributed by atoms with E-state index in [1.807, 2.05) is 6.92 Å². The fourth-order valence-electron chi connectivity index (χ4n) is 3.36. The number of nitrogens with zero attached hydrogens (tertiary/aromatic N) is 4. The van der Waals surface area contributed by atoms with Gasteiger partial charge in [0.1, 0.15) is 6.61 Å². The quantitative estimate of drug-likeness (QED) is 0.787. The Kier molecular flexibility index (Phi) is 5.55. The van der Waals surface area contributed by atoms with Crippen molar-refractivity contribution >= 4 is 17.7 Å². The van der Waals surface area contributed by atoms with Gasteiger partial charge in [0.2, 0.25) is 11.8 Å². The molecule has 3 heterocycles. The Morgan fingerprint density at radius 2 is 1.77 bits per heavy atom. The van der Waals surface area contributed by atoms with Crippen molar-refractivity contribution in [2.75, 3.05) is 45.9 Å². The van der Waals surface area contributed by atoms with Crippen LogP contribution in [0, 0.1) is 0 Å². The minimum Gasteiger partial charge on any atom is -0.372 e. The number of hydrogen-bond acceptors (Lipinski definition) is 5. The highest BCUT2D eigenvalue weighted by atomic mass is 16.5. The van der Waals surface area contributed by atoms with Gasteiger partial charge in [0.25, 0.3) is 5.91 Å². The largest absolute Gasteiger partial charge is 0.372 e. The molecular formula is C17H25N5O4. The van der Waals surface area contributed by atoms with Gasteiger partial charge in [-0.3, -0.25) is 19.5 Å². The molecule has 26 heavy (non-hydrogen) atoms. The average Bonchev–Trinajstić information content (AvgIpc) is 3.08. The zero-order valence-electron chi connectivity index (χ0n) is 15.3. The van der Waals surface area contributed by atoms with E-state index in [1.165, 1.54) is 0 Å². The monoisotopic (exact) mass is 363 g/mol. The first kappa shape index (κ1) is 18.4. The molecule has 1 aromatic heterocycles. The molecule has 1 fully saturated rings. The van der Waals surface area contributed by atoms with Gasteiger partial charge in [-0.05, 0) is 13.3 Å². The van der Waals surface area contributed by atoms with Crippen LogP contribution in [0.15, 0.2) is 0 Å². The maximum atomic E-state index is 12.8. The van der Waals surface area contributed by atoms with Crippen LogP contribution in [0.1, 0.15) is 35.6 Å². The molecule has 0 aromatic carbocycles. The molecule has 1 aromatic rings. The molecule has 0 atom stereocenters. The zero-order chi connectivity index (χ0) is 18.7. The summed E-state index contributed by atoms with van der Waals surface area (Å²) in [5.74, 6) is -0.133. The highest BCUT2D eigenvalue weighted by Crippen LogP contribution is 2.22. The minimum absolute atomic E-state index is 0.0334. The van der Waals surface area contributed by atoms with E-state index in [4.69, 9.17) is 4.74 Å². The van der Waals surface area contributed by atoms with Gasteiger partial charge in [-0.1, -0.05) is 0 Å². The highest BCUT2D eigenvalue weighted by Gasteiger charge is 2.31. The Morgan fingerprint density at radius 3 is 2.42 bits per heavy atom. The maximum absolute atomic E-state index is 12.8. The van der Waals surface area contributed by atoms with Crippen LogP contribution in [-0.4, -0.2) is 88.6 Å². The summed E-state index contributed by atoms with van der Waals surface area (Å²) in [5, 5.41) is 7.13. The van der Waals surface area contributed by atoms with Crippen molar-refractivity contribution in [1.82, 2.24) is 24.9 Å². The van der Waals surface area contributed by atoms with Gasteiger partial charge < -0.3 is 19.4 Å². The number of amides is 3. The van der Waals surface area contributed by atoms with Crippen LogP contribution in [0.3, 0.4) is 0 Å².